The normalized spacial score (nSPS) is 11.3. The molecule has 0 spiro atoms. The van der Waals surface area contributed by atoms with Gasteiger partial charge in [-0.05, 0) is 31.3 Å². The Balaban J connectivity index is 1.60. The second-order valence-corrected chi connectivity index (χ2v) is 6.00. The van der Waals surface area contributed by atoms with Gasteiger partial charge in [0.15, 0.2) is 0 Å². The number of likely N-dealkylation sites (N-methyl/N-ethyl adjacent to an activating group) is 1. The van der Waals surface area contributed by atoms with E-state index in [2.05, 4.69) is 23.3 Å². The van der Waals surface area contributed by atoms with Crippen molar-refractivity contribution in [2.45, 2.75) is 13.1 Å². The fourth-order valence-electron chi connectivity index (χ4n) is 1.68. The van der Waals surface area contributed by atoms with Crippen molar-refractivity contribution in [2.75, 3.05) is 20.1 Å². The number of furan rings is 1. The van der Waals surface area contributed by atoms with Gasteiger partial charge in [0.25, 0.3) is 0 Å². The molecule has 2 aromatic rings. The van der Waals surface area contributed by atoms with E-state index in [9.17, 15) is 0 Å². The third kappa shape index (κ3) is 4.46. The van der Waals surface area contributed by atoms with Crippen LogP contribution in [0.3, 0.4) is 0 Å². The average Bonchev–Trinajstić information content (AvgIpc) is 2.96. The SMILES string of the molecule is CN(CCNCc1ccc(Cl)s1)Cc1ccco1. The summed E-state index contributed by atoms with van der Waals surface area (Å²) < 4.78 is 6.16. The predicted molar refractivity (Wildman–Crippen MR) is 76.1 cm³/mol. The van der Waals surface area contributed by atoms with Gasteiger partial charge in [-0.2, -0.15) is 0 Å². The number of rotatable bonds is 7. The van der Waals surface area contributed by atoms with Crippen LogP contribution in [0, 0.1) is 0 Å². The van der Waals surface area contributed by atoms with E-state index in [0.717, 1.165) is 36.3 Å². The molecule has 1 N–H and O–H groups in total. The Bertz CT molecular complexity index is 455. The highest BCUT2D eigenvalue weighted by Crippen LogP contribution is 2.20. The van der Waals surface area contributed by atoms with E-state index in [4.69, 9.17) is 16.0 Å². The summed E-state index contributed by atoms with van der Waals surface area (Å²) in [5, 5.41) is 3.41. The van der Waals surface area contributed by atoms with Crippen LogP contribution in [-0.2, 0) is 13.1 Å². The summed E-state index contributed by atoms with van der Waals surface area (Å²) in [6, 6.07) is 7.92. The van der Waals surface area contributed by atoms with Gasteiger partial charge >= 0.3 is 0 Å². The van der Waals surface area contributed by atoms with Gasteiger partial charge in [0.05, 0.1) is 17.1 Å². The first-order valence-electron chi connectivity index (χ1n) is 5.90. The second-order valence-electron chi connectivity index (χ2n) is 4.20. The molecule has 98 valence electrons. The second kappa shape index (κ2) is 6.95. The van der Waals surface area contributed by atoms with Crippen LogP contribution in [0.2, 0.25) is 4.34 Å². The summed E-state index contributed by atoms with van der Waals surface area (Å²) in [5.41, 5.74) is 0. The first-order valence-corrected chi connectivity index (χ1v) is 7.09. The molecule has 0 atom stereocenters. The lowest BCUT2D eigenvalue weighted by molar-refractivity contribution is 0.294. The third-order valence-electron chi connectivity index (χ3n) is 2.60. The zero-order chi connectivity index (χ0) is 12.8. The molecule has 2 heterocycles. The van der Waals surface area contributed by atoms with Gasteiger partial charge in [-0.1, -0.05) is 11.6 Å². The van der Waals surface area contributed by atoms with E-state index in [1.807, 2.05) is 18.2 Å². The predicted octanol–water partition coefficient (Wildman–Crippen LogP) is 3.22. The van der Waals surface area contributed by atoms with E-state index < -0.39 is 0 Å². The highest BCUT2D eigenvalue weighted by atomic mass is 35.5. The molecule has 0 saturated carbocycles. The molecule has 0 unspecified atom stereocenters. The molecule has 2 rings (SSSR count). The number of hydrogen-bond donors (Lipinski definition) is 1. The van der Waals surface area contributed by atoms with Gasteiger partial charge in [-0.25, -0.2) is 0 Å². The molecule has 0 aromatic carbocycles. The van der Waals surface area contributed by atoms with E-state index in [0.29, 0.717) is 0 Å². The smallest absolute Gasteiger partial charge is 0.117 e. The molecule has 0 bridgehead atoms. The van der Waals surface area contributed by atoms with E-state index in [1.165, 1.54) is 4.88 Å². The van der Waals surface area contributed by atoms with Crippen LogP contribution in [-0.4, -0.2) is 25.0 Å². The topological polar surface area (TPSA) is 28.4 Å². The van der Waals surface area contributed by atoms with Crippen LogP contribution in [0.25, 0.3) is 0 Å². The molecule has 3 nitrogen and oxygen atoms in total. The van der Waals surface area contributed by atoms with E-state index in [-0.39, 0.29) is 0 Å². The monoisotopic (exact) mass is 284 g/mol. The summed E-state index contributed by atoms with van der Waals surface area (Å²) >= 11 is 7.50. The minimum absolute atomic E-state index is 0.847. The Labute approximate surface area is 116 Å². The summed E-state index contributed by atoms with van der Waals surface area (Å²) in [5.74, 6) is 1.00. The Morgan fingerprint density at radius 1 is 1.39 bits per heavy atom. The molecule has 5 heteroatoms. The molecule has 0 radical (unpaired) electrons. The lowest BCUT2D eigenvalue weighted by Gasteiger charge is -2.15. The van der Waals surface area contributed by atoms with Crippen LogP contribution in [0.1, 0.15) is 10.6 Å². The van der Waals surface area contributed by atoms with Crippen LogP contribution < -0.4 is 5.32 Å². The molecule has 0 aliphatic rings. The lowest BCUT2D eigenvalue weighted by Crippen LogP contribution is -2.28. The number of nitrogens with zero attached hydrogens (tertiary/aromatic N) is 1. The summed E-state index contributed by atoms with van der Waals surface area (Å²) in [6.07, 6.45) is 1.71. The van der Waals surface area contributed by atoms with Crippen molar-refractivity contribution < 1.29 is 4.42 Å². The first kappa shape index (κ1) is 13.6. The van der Waals surface area contributed by atoms with Gasteiger partial charge in [-0.3, -0.25) is 4.90 Å². The standard InChI is InChI=1S/C13H17ClN2OS/c1-16(10-11-3-2-8-17-11)7-6-15-9-12-4-5-13(14)18-12/h2-5,8,15H,6-7,9-10H2,1H3. The third-order valence-corrected chi connectivity index (χ3v) is 3.84. The highest BCUT2D eigenvalue weighted by Gasteiger charge is 2.02. The Morgan fingerprint density at radius 3 is 2.94 bits per heavy atom. The molecule has 0 saturated heterocycles. The minimum atomic E-state index is 0.847. The first-order chi connectivity index (χ1) is 8.74. The van der Waals surface area contributed by atoms with Crippen molar-refractivity contribution in [3.63, 3.8) is 0 Å². The number of hydrogen-bond acceptors (Lipinski definition) is 4. The van der Waals surface area contributed by atoms with Gasteiger partial charge in [0.2, 0.25) is 0 Å². The largest absolute Gasteiger partial charge is 0.468 e. The summed E-state index contributed by atoms with van der Waals surface area (Å²) in [4.78, 5) is 3.50. The van der Waals surface area contributed by atoms with Gasteiger partial charge < -0.3 is 9.73 Å². The van der Waals surface area contributed by atoms with Crippen LogP contribution >= 0.6 is 22.9 Å². The number of thiophene rings is 1. The zero-order valence-electron chi connectivity index (χ0n) is 10.4. The van der Waals surface area contributed by atoms with Crippen molar-refractivity contribution in [1.82, 2.24) is 10.2 Å². The van der Waals surface area contributed by atoms with Crippen molar-refractivity contribution in [2.24, 2.45) is 0 Å². The quantitative estimate of drug-likeness (QED) is 0.792. The molecule has 2 aromatic heterocycles. The summed E-state index contributed by atoms with van der Waals surface area (Å²) in [7, 11) is 2.09. The fourth-order valence-corrected chi connectivity index (χ4v) is 2.73. The molecule has 0 aliphatic carbocycles. The maximum Gasteiger partial charge on any atom is 0.117 e. The summed E-state index contributed by atoms with van der Waals surface area (Å²) in [6.45, 7) is 3.66. The Morgan fingerprint density at radius 2 is 2.28 bits per heavy atom. The molecular weight excluding hydrogens is 268 g/mol. The molecular formula is C13H17ClN2OS. The van der Waals surface area contributed by atoms with Crippen LogP contribution in [0.15, 0.2) is 34.9 Å². The van der Waals surface area contributed by atoms with E-state index >= 15 is 0 Å². The van der Waals surface area contributed by atoms with Crippen molar-refractivity contribution in [1.29, 1.82) is 0 Å². The molecule has 0 fully saturated rings. The molecule has 0 aliphatic heterocycles. The van der Waals surface area contributed by atoms with Crippen molar-refractivity contribution in [3.8, 4) is 0 Å². The van der Waals surface area contributed by atoms with Crippen molar-refractivity contribution >= 4 is 22.9 Å². The van der Waals surface area contributed by atoms with Crippen LogP contribution in [0.5, 0.6) is 0 Å². The minimum Gasteiger partial charge on any atom is -0.468 e. The Hall–Kier alpha value is -0.810. The average molecular weight is 285 g/mol. The van der Waals surface area contributed by atoms with Crippen molar-refractivity contribution in [3.05, 3.63) is 45.5 Å². The highest BCUT2D eigenvalue weighted by molar-refractivity contribution is 7.16. The fraction of sp³-hybridized carbons (Fsp3) is 0.385. The number of nitrogens with one attached hydrogen (secondary N) is 1. The zero-order valence-corrected chi connectivity index (χ0v) is 11.9. The maximum absolute atomic E-state index is 5.88. The number of halogens is 1. The van der Waals surface area contributed by atoms with E-state index in [1.54, 1.807) is 17.6 Å². The molecule has 18 heavy (non-hydrogen) atoms. The van der Waals surface area contributed by atoms with Gasteiger partial charge in [0, 0.05) is 24.5 Å². The lowest BCUT2D eigenvalue weighted by atomic mass is 10.4. The van der Waals surface area contributed by atoms with Gasteiger partial charge in [0.1, 0.15) is 5.76 Å². The Kier molecular flexibility index (Phi) is 5.26. The van der Waals surface area contributed by atoms with Gasteiger partial charge in [-0.15, -0.1) is 11.3 Å². The van der Waals surface area contributed by atoms with Crippen LogP contribution in [0.4, 0.5) is 0 Å². The maximum atomic E-state index is 5.88. The molecule has 0 amide bonds.